The molecule has 0 aliphatic heterocycles. The summed E-state index contributed by atoms with van der Waals surface area (Å²) in [6.07, 6.45) is 6.98. The lowest BCUT2D eigenvalue weighted by atomic mass is 9.81. The van der Waals surface area contributed by atoms with Crippen molar-refractivity contribution in [3.05, 3.63) is 35.9 Å². The van der Waals surface area contributed by atoms with Gasteiger partial charge in [0.2, 0.25) is 0 Å². The van der Waals surface area contributed by atoms with Crippen LogP contribution in [0.4, 0.5) is 0 Å². The highest BCUT2D eigenvalue weighted by molar-refractivity contribution is 5.20. The molecular formula is C18H30N2. The fourth-order valence-electron chi connectivity index (χ4n) is 3.54. The van der Waals surface area contributed by atoms with Crippen LogP contribution >= 0.6 is 0 Å². The molecule has 0 spiro atoms. The van der Waals surface area contributed by atoms with E-state index in [2.05, 4.69) is 61.6 Å². The lowest BCUT2D eigenvalue weighted by Gasteiger charge is -2.34. The van der Waals surface area contributed by atoms with Crippen LogP contribution in [-0.2, 0) is 0 Å². The van der Waals surface area contributed by atoms with Gasteiger partial charge in [0.05, 0.1) is 0 Å². The molecule has 2 rings (SSSR count). The topological polar surface area (TPSA) is 15.3 Å². The molecule has 2 nitrogen and oxygen atoms in total. The molecule has 1 aromatic carbocycles. The van der Waals surface area contributed by atoms with Gasteiger partial charge in [-0.1, -0.05) is 49.6 Å². The van der Waals surface area contributed by atoms with Gasteiger partial charge in [-0.25, -0.2) is 0 Å². The van der Waals surface area contributed by atoms with Gasteiger partial charge in [-0.15, -0.1) is 0 Å². The monoisotopic (exact) mass is 274 g/mol. The van der Waals surface area contributed by atoms with E-state index in [0.29, 0.717) is 12.1 Å². The molecular weight excluding hydrogens is 244 g/mol. The van der Waals surface area contributed by atoms with Crippen molar-refractivity contribution in [1.29, 1.82) is 0 Å². The molecule has 0 bridgehead atoms. The number of nitrogens with zero attached hydrogens (tertiary/aromatic N) is 1. The summed E-state index contributed by atoms with van der Waals surface area (Å²) in [6.45, 7) is 3.40. The smallest absolute Gasteiger partial charge is 0.0351 e. The van der Waals surface area contributed by atoms with Gasteiger partial charge in [-0.2, -0.15) is 0 Å². The molecule has 1 aromatic rings. The summed E-state index contributed by atoms with van der Waals surface area (Å²) in [6, 6.07) is 12.1. The standard InChI is InChI=1S/C18H30N2/c1-15(14-20(2)3)19-18(16-10-6-4-7-11-16)17-12-8-5-9-13-17/h4,6-7,10-11,15,17-19H,5,8-9,12-14H2,1-3H3. The Morgan fingerprint density at radius 3 is 2.35 bits per heavy atom. The molecule has 20 heavy (non-hydrogen) atoms. The Bertz CT molecular complexity index is 368. The summed E-state index contributed by atoms with van der Waals surface area (Å²) in [4.78, 5) is 2.26. The Morgan fingerprint density at radius 1 is 1.10 bits per heavy atom. The van der Waals surface area contributed by atoms with E-state index in [9.17, 15) is 0 Å². The van der Waals surface area contributed by atoms with Crippen LogP contribution in [0.3, 0.4) is 0 Å². The van der Waals surface area contributed by atoms with Crippen LogP contribution in [0.5, 0.6) is 0 Å². The molecule has 1 fully saturated rings. The van der Waals surface area contributed by atoms with Crippen LogP contribution in [0, 0.1) is 5.92 Å². The van der Waals surface area contributed by atoms with E-state index in [1.54, 1.807) is 0 Å². The maximum atomic E-state index is 3.89. The molecule has 0 amide bonds. The average Bonchev–Trinajstić information content (AvgIpc) is 2.46. The molecule has 0 saturated heterocycles. The quantitative estimate of drug-likeness (QED) is 0.847. The largest absolute Gasteiger partial charge is 0.308 e. The lowest BCUT2D eigenvalue weighted by Crippen LogP contribution is -2.41. The first-order valence-electron chi connectivity index (χ1n) is 8.12. The van der Waals surface area contributed by atoms with Crippen molar-refractivity contribution >= 4 is 0 Å². The van der Waals surface area contributed by atoms with Crippen molar-refractivity contribution in [3.8, 4) is 0 Å². The fourth-order valence-corrected chi connectivity index (χ4v) is 3.54. The second-order valence-electron chi connectivity index (χ2n) is 6.62. The molecule has 0 heterocycles. The first kappa shape index (κ1) is 15.5. The highest BCUT2D eigenvalue weighted by Gasteiger charge is 2.26. The highest BCUT2D eigenvalue weighted by Crippen LogP contribution is 2.34. The number of likely N-dealkylation sites (N-methyl/N-ethyl adjacent to an activating group) is 1. The zero-order valence-corrected chi connectivity index (χ0v) is 13.3. The lowest BCUT2D eigenvalue weighted by molar-refractivity contribution is 0.239. The van der Waals surface area contributed by atoms with Gasteiger partial charge in [-0.3, -0.25) is 0 Å². The Hall–Kier alpha value is -0.860. The fraction of sp³-hybridized carbons (Fsp3) is 0.667. The molecule has 0 aromatic heterocycles. The van der Waals surface area contributed by atoms with E-state index in [-0.39, 0.29) is 0 Å². The summed E-state index contributed by atoms with van der Waals surface area (Å²) < 4.78 is 0. The first-order chi connectivity index (χ1) is 9.66. The van der Waals surface area contributed by atoms with Crippen LogP contribution in [0.2, 0.25) is 0 Å². The maximum absolute atomic E-state index is 3.89. The van der Waals surface area contributed by atoms with Crippen LogP contribution in [-0.4, -0.2) is 31.6 Å². The first-order valence-corrected chi connectivity index (χ1v) is 8.12. The van der Waals surface area contributed by atoms with Gasteiger partial charge in [0.25, 0.3) is 0 Å². The van der Waals surface area contributed by atoms with E-state index >= 15 is 0 Å². The van der Waals surface area contributed by atoms with Gasteiger partial charge in [0.15, 0.2) is 0 Å². The Balaban J connectivity index is 2.07. The van der Waals surface area contributed by atoms with Crippen molar-refractivity contribution < 1.29 is 0 Å². The molecule has 1 aliphatic carbocycles. The van der Waals surface area contributed by atoms with Crippen molar-refractivity contribution in [2.45, 2.75) is 51.1 Å². The third kappa shape index (κ3) is 4.60. The number of hydrogen-bond acceptors (Lipinski definition) is 2. The van der Waals surface area contributed by atoms with Crippen LogP contribution in [0.25, 0.3) is 0 Å². The molecule has 112 valence electrons. The SMILES string of the molecule is CC(CN(C)C)NC(c1ccccc1)C1CCCCC1. The van der Waals surface area contributed by atoms with E-state index in [1.165, 1.54) is 37.7 Å². The van der Waals surface area contributed by atoms with Crippen molar-refractivity contribution in [2.24, 2.45) is 5.92 Å². The van der Waals surface area contributed by atoms with Crippen molar-refractivity contribution in [2.75, 3.05) is 20.6 Å². The summed E-state index contributed by atoms with van der Waals surface area (Å²) in [5.74, 6) is 0.802. The maximum Gasteiger partial charge on any atom is 0.0351 e. The summed E-state index contributed by atoms with van der Waals surface area (Å²) in [7, 11) is 4.30. The normalized spacial score (nSPS) is 20.0. The van der Waals surface area contributed by atoms with E-state index < -0.39 is 0 Å². The number of hydrogen-bond donors (Lipinski definition) is 1. The van der Waals surface area contributed by atoms with E-state index in [1.807, 2.05) is 0 Å². The van der Waals surface area contributed by atoms with Gasteiger partial charge < -0.3 is 10.2 Å². The average molecular weight is 274 g/mol. The predicted octanol–water partition coefficient (Wildman–Crippen LogP) is 3.85. The van der Waals surface area contributed by atoms with Gasteiger partial charge in [0.1, 0.15) is 0 Å². The number of benzene rings is 1. The minimum Gasteiger partial charge on any atom is -0.308 e. The zero-order chi connectivity index (χ0) is 14.4. The Morgan fingerprint density at radius 2 is 1.75 bits per heavy atom. The van der Waals surface area contributed by atoms with Gasteiger partial charge in [0, 0.05) is 18.6 Å². The molecule has 1 saturated carbocycles. The van der Waals surface area contributed by atoms with Crippen molar-refractivity contribution in [1.82, 2.24) is 10.2 Å². The van der Waals surface area contributed by atoms with E-state index in [4.69, 9.17) is 0 Å². The predicted molar refractivity (Wildman–Crippen MR) is 86.9 cm³/mol. The second-order valence-corrected chi connectivity index (χ2v) is 6.62. The second kappa shape index (κ2) is 7.80. The highest BCUT2D eigenvalue weighted by atomic mass is 15.1. The van der Waals surface area contributed by atoms with Gasteiger partial charge >= 0.3 is 0 Å². The summed E-state index contributed by atoms with van der Waals surface area (Å²) in [5.41, 5.74) is 1.46. The number of rotatable bonds is 6. The Kier molecular flexibility index (Phi) is 6.06. The molecule has 2 heteroatoms. The summed E-state index contributed by atoms with van der Waals surface area (Å²) in [5, 5.41) is 3.89. The molecule has 2 atom stereocenters. The van der Waals surface area contributed by atoms with Crippen LogP contribution < -0.4 is 5.32 Å². The third-order valence-electron chi connectivity index (χ3n) is 4.38. The third-order valence-corrected chi connectivity index (χ3v) is 4.38. The zero-order valence-electron chi connectivity index (χ0n) is 13.3. The molecule has 1 aliphatic rings. The van der Waals surface area contributed by atoms with Crippen LogP contribution in [0.15, 0.2) is 30.3 Å². The minimum absolute atomic E-state index is 0.520. The molecule has 1 N–H and O–H groups in total. The molecule has 2 unspecified atom stereocenters. The van der Waals surface area contributed by atoms with Crippen molar-refractivity contribution in [3.63, 3.8) is 0 Å². The number of nitrogens with one attached hydrogen (secondary N) is 1. The van der Waals surface area contributed by atoms with E-state index in [0.717, 1.165) is 12.5 Å². The van der Waals surface area contributed by atoms with Crippen LogP contribution in [0.1, 0.15) is 50.6 Å². The van der Waals surface area contributed by atoms with Gasteiger partial charge in [-0.05, 0) is 45.3 Å². The summed E-state index contributed by atoms with van der Waals surface area (Å²) >= 11 is 0. The molecule has 0 radical (unpaired) electrons. The minimum atomic E-state index is 0.520. The Labute approximate surface area is 124 Å².